The molecule has 0 saturated carbocycles. The van der Waals surface area contributed by atoms with Crippen LogP contribution in [0.3, 0.4) is 0 Å². The maximum absolute atomic E-state index is 11.4. The summed E-state index contributed by atoms with van der Waals surface area (Å²) in [7, 11) is 6.13. The Morgan fingerprint density at radius 3 is 1.77 bits per heavy atom. The third-order valence-electron chi connectivity index (χ3n) is 3.54. The fourth-order valence-electron chi connectivity index (χ4n) is 1.94. The van der Waals surface area contributed by atoms with Crippen LogP contribution in [0.15, 0.2) is 0 Å². The summed E-state index contributed by atoms with van der Waals surface area (Å²) in [5, 5.41) is 2.93. The van der Waals surface area contributed by atoms with Gasteiger partial charge in [-0.15, -0.1) is 0 Å². The number of carbonyl (C=O) groups is 2. The first kappa shape index (κ1) is 21.0. The molecule has 0 aromatic heterocycles. The van der Waals surface area contributed by atoms with E-state index < -0.39 is 0 Å². The zero-order valence-electron chi connectivity index (χ0n) is 15.2. The summed E-state index contributed by atoms with van der Waals surface area (Å²) in [6, 6.07) is 0. The lowest BCUT2D eigenvalue weighted by atomic mass is 10.2. The normalized spacial score (nSPS) is 11.7. The molecule has 0 aliphatic carbocycles. The van der Waals surface area contributed by atoms with Gasteiger partial charge in [0.25, 0.3) is 0 Å². The van der Waals surface area contributed by atoms with Gasteiger partial charge in [0.05, 0.1) is 6.54 Å². The topological polar surface area (TPSA) is 55.9 Å². The molecule has 0 aliphatic rings. The van der Waals surface area contributed by atoms with Crippen LogP contribution < -0.4 is 5.32 Å². The molecule has 0 unspecified atom stereocenters. The van der Waals surface area contributed by atoms with Gasteiger partial charge in [0.2, 0.25) is 5.91 Å². The van der Waals surface area contributed by atoms with E-state index in [2.05, 4.69) is 29.2 Å². The summed E-state index contributed by atoms with van der Waals surface area (Å²) in [4.78, 5) is 29.0. The molecule has 0 aromatic carbocycles. The number of hydrogen-bond donors (Lipinski definition) is 1. The number of hydrogen-bond acceptors (Lipinski definition) is 5. The van der Waals surface area contributed by atoms with Gasteiger partial charge in [0.15, 0.2) is 0 Å². The van der Waals surface area contributed by atoms with E-state index >= 15 is 0 Å². The molecule has 0 rings (SSSR count). The Hall–Kier alpha value is -0.980. The lowest BCUT2D eigenvalue weighted by Gasteiger charge is -2.24. The van der Waals surface area contributed by atoms with E-state index in [9.17, 15) is 9.59 Å². The number of Topliss-reactive ketones (excluding diaryl/α,β-unsaturated/α-hetero) is 1. The second-order valence-electron chi connectivity index (χ2n) is 6.49. The fourth-order valence-corrected chi connectivity index (χ4v) is 1.94. The van der Waals surface area contributed by atoms with E-state index in [1.807, 2.05) is 25.8 Å². The Balaban J connectivity index is 3.70. The number of amides is 1. The lowest BCUT2D eigenvalue weighted by Crippen LogP contribution is -2.39. The minimum atomic E-state index is 0.0448. The number of nitrogens with one attached hydrogen (secondary N) is 1. The second-order valence-corrected chi connectivity index (χ2v) is 6.49. The molecule has 0 fully saturated rings. The standard InChI is InChI=1S/C16H34N4O2/c1-14(2)16(22)17-7-8-18(4)9-10-19(5)11-12-20(6)13-15(3)21/h14H,7-13H2,1-6H3,(H,17,22). The number of likely N-dealkylation sites (N-methyl/N-ethyl adjacent to an activating group) is 3. The maximum atomic E-state index is 11.4. The van der Waals surface area contributed by atoms with Crippen LogP contribution in [-0.4, -0.2) is 93.3 Å². The Morgan fingerprint density at radius 2 is 1.32 bits per heavy atom. The highest BCUT2D eigenvalue weighted by Gasteiger charge is 2.07. The highest BCUT2D eigenvalue weighted by atomic mass is 16.1. The highest BCUT2D eigenvalue weighted by Crippen LogP contribution is 1.91. The van der Waals surface area contributed by atoms with Crippen molar-refractivity contribution in [2.45, 2.75) is 20.8 Å². The van der Waals surface area contributed by atoms with Crippen molar-refractivity contribution in [2.24, 2.45) is 5.92 Å². The van der Waals surface area contributed by atoms with Crippen molar-refractivity contribution in [1.29, 1.82) is 0 Å². The van der Waals surface area contributed by atoms with E-state index in [1.54, 1.807) is 6.92 Å². The van der Waals surface area contributed by atoms with E-state index in [1.165, 1.54) is 0 Å². The number of rotatable bonds is 12. The first-order chi connectivity index (χ1) is 10.2. The zero-order chi connectivity index (χ0) is 17.1. The summed E-state index contributed by atoms with van der Waals surface area (Å²) in [5.41, 5.74) is 0. The first-order valence-electron chi connectivity index (χ1n) is 8.05. The van der Waals surface area contributed by atoms with E-state index in [-0.39, 0.29) is 17.6 Å². The molecule has 0 bridgehead atoms. The zero-order valence-corrected chi connectivity index (χ0v) is 15.2. The Morgan fingerprint density at radius 1 is 0.864 bits per heavy atom. The summed E-state index contributed by atoms with van der Waals surface area (Å²) in [6.45, 7) is 11.3. The highest BCUT2D eigenvalue weighted by molar-refractivity contribution is 5.78. The van der Waals surface area contributed by atoms with Gasteiger partial charge >= 0.3 is 0 Å². The molecule has 130 valence electrons. The van der Waals surface area contributed by atoms with Crippen molar-refractivity contribution in [2.75, 3.05) is 67.0 Å². The van der Waals surface area contributed by atoms with Crippen molar-refractivity contribution >= 4 is 11.7 Å². The van der Waals surface area contributed by atoms with E-state index in [4.69, 9.17) is 0 Å². The van der Waals surface area contributed by atoms with Crippen LogP contribution in [0.5, 0.6) is 0 Å². The molecule has 0 heterocycles. The van der Waals surface area contributed by atoms with Crippen molar-refractivity contribution in [3.8, 4) is 0 Å². The predicted molar refractivity (Wildman–Crippen MR) is 91.0 cm³/mol. The minimum absolute atomic E-state index is 0.0448. The lowest BCUT2D eigenvalue weighted by molar-refractivity contribution is -0.124. The molecule has 1 N–H and O–H groups in total. The molecule has 0 spiro atoms. The molecule has 22 heavy (non-hydrogen) atoms. The molecule has 1 amide bonds. The van der Waals surface area contributed by atoms with Crippen LogP contribution in [0.4, 0.5) is 0 Å². The van der Waals surface area contributed by atoms with Gasteiger partial charge in [0.1, 0.15) is 5.78 Å². The monoisotopic (exact) mass is 314 g/mol. The molecule has 0 aromatic rings. The average Bonchev–Trinajstić information content (AvgIpc) is 2.41. The number of carbonyl (C=O) groups excluding carboxylic acids is 2. The molecule has 0 atom stereocenters. The summed E-state index contributed by atoms with van der Waals surface area (Å²) < 4.78 is 0. The Bertz CT molecular complexity index is 334. The van der Waals surface area contributed by atoms with Gasteiger partial charge in [-0.1, -0.05) is 13.8 Å². The van der Waals surface area contributed by atoms with Crippen LogP contribution in [-0.2, 0) is 9.59 Å². The average molecular weight is 314 g/mol. The SMILES string of the molecule is CC(=O)CN(C)CCN(C)CCN(C)CCNC(=O)C(C)C. The van der Waals surface area contributed by atoms with Gasteiger partial charge in [-0.25, -0.2) is 0 Å². The van der Waals surface area contributed by atoms with Crippen molar-refractivity contribution in [3.63, 3.8) is 0 Å². The second kappa shape index (κ2) is 11.6. The molecular weight excluding hydrogens is 280 g/mol. The van der Waals surface area contributed by atoms with Gasteiger partial charge < -0.3 is 15.1 Å². The van der Waals surface area contributed by atoms with Crippen LogP contribution in [0.1, 0.15) is 20.8 Å². The largest absolute Gasteiger partial charge is 0.355 e. The van der Waals surface area contributed by atoms with Crippen molar-refractivity contribution < 1.29 is 9.59 Å². The maximum Gasteiger partial charge on any atom is 0.222 e. The first-order valence-corrected chi connectivity index (χ1v) is 8.05. The minimum Gasteiger partial charge on any atom is -0.355 e. The third kappa shape index (κ3) is 11.7. The molecule has 0 aliphatic heterocycles. The Labute approximate surface area is 135 Å². The summed E-state index contributed by atoms with van der Waals surface area (Å²) in [5.74, 6) is 0.357. The van der Waals surface area contributed by atoms with Gasteiger partial charge in [-0.05, 0) is 28.1 Å². The molecule has 0 saturated heterocycles. The van der Waals surface area contributed by atoms with Crippen LogP contribution >= 0.6 is 0 Å². The van der Waals surface area contributed by atoms with E-state index in [0.717, 1.165) is 32.7 Å². The van der Waals surface area contributed by atoms with Gasteiger partial charge in [-0.2, -0.15) is 0 Å². The molecule has 0 radical (unpaired) electrons. The van der Waals surface area contributed by atoms with Crippen LogP contribution in [0.25, 0.3) is 0 Å². The smallest absolute Gasteiger partial charge is 0.222 e. The number of ketones is 1. The fraction of sp³-hybridized carbons (Fsp3) is 0.875. The summed E-state index contributed by atoms with van der Waals surface area (Å²) in [6.07, 6.45) is 0. The van der Waals surface area contributed by atoms with Gasteiger partial charge in [-0.3, -0.25) is 14.5 Å². The quantitative estimate of drug-likeness (QED) is 0.555. The van der Waals surface area contributed by atoms with Crippen molar-refractivity contribution in [3.05, 3.63) is 0 Å². The summed E-state index contributed by atoms with van der Waals surface area (Å²) >= 11 is 0. The van der Waals surface area contributed by atoms with E-state index in [0.29, 0.717) is 13.1 Å². The number of nitrogens with zero attached hydrogens (tertiary/aromatic N) is 3. The molecule has 6 heteroatoms. The Kier molecular flexibility index (Phi) is 11.1. The van der Waals surface area contributed by atoms with Crippen molar-refractivity contribution in [1.82, 2.24) is 20.0 Å². The van der Waals surface area contributed by atoms with Crippen LogP contribution in [0.2, 0.25) is 0 Å². The third-order valence-corrected chi connectivity index (χ3v) is 3.54. The predicted octanol–water partition coefficient (Wildman–Crippen LogP) is 0.143. The molecule has 6 nitrogen and oxygen atoms in total. The van der Waals surface area contributed by atoms with Gasteiger partial charge in [0, 0.05) is 45.2 Å². The molecular formula is C16H34N4O2. The van der Waals surface area contributed by atoms with Crippen LogP contribution in [0, 0.1) is 5.92 Å².